The van der Waals surface area contributed by atoms with Gasteiger partial charge in [-0.05, 0) is 27.2 Å². The van der Waals surface area contributed by atoms with Crippen LogP contribution in [0.25, 0.3) is 11.2 Å². The number of halogens is 3. The van der Waals surface area contributed by atoms with E-state index in [0.717, 1.165) is 11.1 Å². The van der Waals surface area contributed by atoms with Crippen LogP contribution in [0.5, 0.6) is 0 Å². The number of carbonyl (C=O) groups excluding carboxylic acids is 1. The van der Waals surface area contributed by atoms with Crippen molar-refractivity contribution >= 4 is 34.7 Å². The van der Waals surface area contributed by atoms with Gasteiger partial charge in [-0.25, -0.2) is 28.2 Å². The van der Waals surface area contributed by atoms with Crippen LogP contribution in [-0.4, -0.2) is 68.9 Å². The van der Waals surface area contributed by atoms with Gasteiger partial charge in [-0.15, -0.1) is 0 Å². The first-order valence-corrected chi connectivity index (χ1v) is 9.83. The van der Waals surface area contributed by atoms with Crippen LogP contribution < -0.4 is 4.90 Å². The number of ether oxygens (including phenoxy) is 1. The zero-order valence-corrected chi connectivity index (χ0v) is 17.3. The Hall–Kier alpha value is -2.23. The molecule has 1 amide bonds. The summed E-state index contributed by atoms with van der Waals surface area (Å²) in [5.74, 6) is 0.461. The third kappa shape index (κ3) is 3.94. The summed E-state index contributed by atoms with van der Waals surface area (Å²) in [4.78, 5) is 24.7. The molecule has 8 nitrogen and oxygen atoms in total. The number of amides is 1. The van der Waals surface area contributed by atoms with Gasteiger partial charge in [0.2, 0.25) is 0 Å². The summed E-state index contributed by atoms with van der Waals surface area (Å²) >= 11 is 6.32. The first kappa shape index (κ1) is 20.1. The van der Waals surface area contributed by atoms with E-state index in [2.05, 4.69) is 15.1 Å². The molecule has 4 heterocycles. The zero-order valence-electron chi connectivity index (χ0n) is 16.5. The van der Waals surface area contributed by atoms with E-state index in [1.807, 2.05) is 25.7 Å². The number of aromatic nitrogens is 4. The van der Waals surface area contributed by atoms with Crippen LogP contribution >= 0.6 is 11.6 Å². The standard InChI is InChI=1S/C18H23ClF2N6O2/c1-17(2,3)29-16(28)26-9-18(10-26)4-5-25(8-18)15-13(19)23-11-6-22-27(7-12(20)21)14(11)24-15/h6,12H,4-5,7-10H2,1-3H3. The van der Waals surface area contributed by atoms with Crippen LogP contribution in [-0.2, 0) is 11.3 Å². The Morgan fingerprint density at radius 1 is 1.31 bits per heavy atom. The van der Waals surface area contributed by atoms with Gasteiger partial charge >= 0.3 is 6.09 Å². The van der Waals surface area contributed by atoms with Crippen molar-refractivity contribution in [3.05, 3.63) is 11.3 Å². The third-order valence-electron chi connectivity index (χ3n) is 5.16. The van der Waals surface area contributed by atoms with E-state index in [-0.39, 0.29) is 22.3 Å². The summed E-state index contributed by atoms with van der Waals surface area (Å²) in [5, 5.41) is 4.15. The van der Waals surface area contributed by atoms with Gasteiger partial charge in [0, 0.05) is 31.6 Å². The summed E-state index contributed by atoms with van der Waals surface area (Å²) in [6.45, 7) is 7.55. The maximum Gasteiger partial charge on any atom is 0.410 e. The number of fused-ring (bicyclic) bond motifs is 1. The largest absolute Gasteiger partial charge is 0.444 e. The van der Waals surface area contributed by atoms with Crippen LogP contribution in [0.4, 0.5) is 19.4 Å². The monoisotopic (exact) mass is 428 g/mol. The fraction of sp³-hybridized carbons (Fsp3) is 0.667. The van der Waals surface area contributed by atoms with Gasteiger partial charge < -0.3 is 14.5 Å². The molecule has 2 aromatic rings. The number of hydrogen-bond acceptors (Lipinski definition) is 6. The van der Waals surface area contributed by atoms with Gasteiger partial charge in [0.1, 0.15) is 17.7 Å². The molecule has 0 unspecified atom stereocenters. The van der Waals surface area contributed by atoms with Crippen LogP contribution in [0.2, 0.25) is 5.15 Å². The van der Waals surface area contributed by atoms with E-state index in [1.165, 1.54) is 6.20 Å². The highest BCUT2D eigenvalue weighted by molar-refractivity contribution is 6.32. The third-order valence-corrected chi connectivity index (χ3v) is 5.41. The highest BCUT2D eigenvalue weighted by Crippen LogP contribution is 2.42. The predicted octanol–water partition coefficient (Wildman–Crippen LogP) is 3.19. The second-order valence-electron chi connectivity index (χ2n) is 8.77. The highest BCUT2D eigenvalue weighted by Gasteiger charge is 2.50. The smallest absolute Gasteiger partial charge is 0.410 e. The van der Waals surface area contributed by atoms with Crippen molar-refractivity contribution in [3.8, 4) is 0 Å². The molecular weight excluding hydrogens is 406 g/mol. The minimum atomic E-state index is -2.54. The summed E-state index contributed by atoms with van der Waals surface area (Å²) in [6, 6.07) is 0. The Kier molecular flexibility index (Phi) is 4.79. The number of hydrogen-bond donors (Lipinski definition) is 0. The first-order chi connectivity index (χ1) is 13.6. The second kappa shape index (κ2) is 6.93. The van der Waals surface area contributed by atoms with Crippen LogP contribution in [0.1, 0.15) is 27.2 Å². The van der Waals surface area contributed by atoms with Gasteiger partial charge in [0.25, 0.3) is 6.43 Å². The molecule has 158 valence electrons. The zero-order chi connectivity index (χ0) is 21.0. The van der Waals surface area contributed by atoms with Crippen LogP contribution in [0.3, 0.4) is 0 Å². The normalized spacial score (nSPS) is 18.7. The second-order valence-corrected chi connectivity index (χ2v) is 9.13. The lowest BCUT2D eigenvalue weighted by Crippen LogP contribution is -2.60. The quantitative estimate of drug-likeness (QED) is 0.747. The number of likely N-dealkylation sites (tertiary alicyclic amines) is 1. The van der Waals surface area contributed by atoms with Gasteiger partial charge in [-0.2, -0.15) is 5.10 Å². The van der Waals surface area contributed by atoms with Gasteiger partial charge in [0.15, 0.2) is 16.6 Å². The number of carbonyl (C=O) groups is 1. The minimum Gasteiger partial charge on any atom is -0.444 e. The molecule has 0 aromatic carbocycles. The number of anilines is 1. The summed E-state index contributed by atoms with van der Waals surface area (Å²) in [6.07, 6.45) is -0.589. The SMILES string of the molecule is CC(C)(C)OC(=O)N1CC2(CCN(c3nc4c(cnn4CC(F)F)nc3Cl)C2)C1. The van der Waals surface area contributed by atoms with Crippen molar-refractivity contribution in [1.82, 2.24) is 24.6 Å². The molecule has 0 N–H and O–H groups in total. The highest BCUT2D eigenvalue weighted by atomic mass is 35.5. The fourth-order valence-electron chi connectivity index (χ4n) is 3.92. The molecule has 2 fully saturated rings. The summed E-state index contributed by atoms with van der Waals surface area (Å²) in [5.41, 5.74) is 0.101. The molecule has 2 saturated heterocycles. The molecule has 11 heteroatoms. The fourth-order valence-corrected chi connectivity index (χ4v) is 4.18. The lowest BCUT2D eigenvalue weighted by molar-refractivity contribution is -0.0266. The average molecular weight is 429 g/mol. The molecule has 0 atom stereocenters. The summed E-state index contributed by atoms with van der Waals surface area (Å²) < 4.78 is 32.1. The van der Waals surface area contributed by atoms with Crippen molar-refractivity contribution in [2.75, 3.05) is 31.1 Å². The molecule has 0 aliphatic carbocycles. The molecule has 2 aliphatic heterocycles. The van der Waals surface area contributed by atoms with E-state index in [4.69, 9.17) is 16.3 Å². The molecule has 0 radical (unpaired) electrons. The maximum atomic E-state index is 12.8. The summed E-state index contributed by atoms with van der Waals surface area (Å²) in [7, 11) is 0. The van der Waals surface area contributed by atoms with Crippen molar-refractivity contribution in [3.63, 3.8) is 0 Å². The van der Waals surface area contributed by atoms with E-state index in [9.17, 15) is 13.6 Å². The molecule has 1 spiro atoms. The minimum absolute atomic E-state index is 0.0416. The molecule has 2 aliphatic rings. The maximum absolute atomic E-state index is 12.8. The molecule has 29 heavy (non-hydrogen) atoms. The average Bonchev–Trinajstić information content (AvgIpc) is 3.15. The Bertz CT molecular complexity index is 938. The number of nitrogens with zero attached hydrogens (tertiary/aromatic N) is 6. The Balaban J connectivity index is 1.48. The van der Waals surface area contributed by atoms with Crippen molar-refractivity contribution < 1.29 is 18.3 Å². The lowest BCUT2D eigenvalue weighted by atomic mass is 9.79. The van der Waals surface area contributed by atoms with Crippen LogP contribution in [0, 0.1) is 5.41 Å². The van der Waals surface area contributed by atoms with Crippen molar-refractivity contribution in [2.24, 2.45) is 5.41 Å². The van der Waals surface area contributed by atoms with E-state index in [0.29, 0.717) is 37.5 Å². The molecule has 0 saturated carbocycles. The van der Waals surface area contributed by atoms with E-state index >= 15 is 0 Å². The van der Waals surface area contributed by atoms with Crippen LogP contribution in [0.15, 0.2) is 6.20 Å². The lowest BCUT2D eigenvalue weighted by Gasteiger charge is -2.47. The van der Waals surface area contributed by atoms with E-state index in [1.54, 1.807) is 4.90 Å². The number of alkyl halides is 2. The van der Waals surface area contributed by atoms with Gasteiger partial charge in [-0.3, -0.25) is 0 Å². The first-order valence-electron chi connectivity index (χ1n) is 9.45. The van der Waals surface area contributed by atoms with Crippen molar-refractivity contribution in [1.29, 1.82) is 0 Å². The van der Waals surface area contributed by atoms with Gasteiger partial charge in [-0.1, -0.05) is 11.6 Å². The topological polar surface area (TPSA) is 76.4 Å². The molecule has 4 rings (SSSR count). The Labute approximate surface area is 171 Å². The molecule has 2 aromatic heterocycles. The van der Waals surface area contributed by atoms with E-state index < -0.39 is 18.6 Å². The van der Waals surface area contributed by atoms with Crippen molar-refractivity contribution in [2.45, 2.75) is 45.8 Å². The Morgan fingerprint density at radius 3 is 2.69 bits per heavy atom. The van der Waals surface area contributed by atoms with Gasteiger partial charge in [0.05, 0.1) is 6.20 Å². The Morgan fingerprint density at radius 2 is 2.03 bits per heavy atom. The molecular formula is C18H23ClF2N6O2. The number of rotatable bonds is 3. The molecule has 0 bridgehead atoms. The predicted molar refractivity (Wildman–Crippen MR) is 103 cm³/mol.